The lowest BCUT2D eigenvalue weighted by molar-refractivity contribution is 0.204. The predicted molar refractivity (Wildman–Crippen MR) is 83.2 cm³/mol. The second-order valence-corrected chi connectivity index (χ2v) is 5.20. The van der Waals surface area contributed by atoms with E-state index < -0.39 is 0 Å². The van der Waals surface area contributed by atoms with Gasteiger partial charge in [0.1, 0.15) is 0 Å². The molecule has 19 heavy (non-hydrogen) atoms. The van der Waals surface area contributed by atoms with E-state index in [4.69, 9.17) is 16.3 Å². The first-order valence-corrected chi connectivity index (χ1v) is 7.23. The number of rotatable bonds is 8. The summed E-state index contributed by atoms with van der Waals surface area (Å²) in [4.78, 5) is 2.34. The molecule has 0 fully saturated rings. The number of methoxy groups -OCH3 is 1. The quantitative estimate of drug-likeness (QED) is 0.793. The molecule has 0 unspecified atom stereocenters. The van der Waals surface area contributed by atoms with Gasteiger partial charge in [0.2, 0.25) is 0 Å². The van der Waals surface area contributed by atoms with Crippen LogP contribution in [0.25, 0.3) is 0 Å². The van der Waals surface area contributed by atoms with E-state index in [0.29, 0.717) is 12.6 Å². The number of ether oxygens (including phenoxy) is 1. The van der Waals surface area contributed by atoms with Crippen LogP contribution in [0.1, 0.15) is 26.3 Å². The highest BCUT2D eigenvalue weighted by molar-refractivity contribution is 6.31. The molecular weight excluding hydrogens is 260 g/mol. The van der Waals surface area contributed by atoms with E-state index in [1.165, 1.54) is 5.69 Å². The third kappa shape index (κ3) is 4.68. The van der Waals surface area contributed by atoms with Crippen molar-refractivity contribution in [3.63, 3.8) is 0 Å². The lowest BCUT2D eigenvalue weighted by Crippen LogP contribution is -2.35. The first-order valence-electron chi connectivity index (χ1n) is 6.85. The molecule has 4 heteroatoms. The van der Waals surface area contributed by atoms with Crippen molar-refractivity contribution in [3.05, 3.63) is 28.8 Å². The highest BCUT2D eigenvalue weighted by Gasteiger charge is 2.15. The van der Waals surface area contributed by atoms with Crippen LogP contribution in [0.4, 0.5) is 5.69 Å². The van der Waals surface area contributed by atoms with Crippen LogP contribution in [0.3, 0.4) is 0 Å². The Kier molecular flexibility index (Phi) is 7.21. The minimum atomic E-state index is 0.411. The Morgan fingerprint density at radius 3 is 2.68 bits per heavy atom. The number of nitrogens with one attached hydrogen (secondary N) is 1. The number of halogens is 1. The highest BCUT2D eigenvalue weighted by atomic mass is 35.5. The average molecular weight is 285 g/mol. The van der Waals surface area contributed by atoms with Crippen molar-refractivity contribution in [3.8, 4) is 0 Å². The van der Waals surface area contributed by atoms with Gasteiger partial charge < -0.3 is 15.0 Å². The van der Waals surface area contributed by atoms with Crippen LogP contribution in [0.15, 0.2) is 18.2 Å². The molecule has 0 saturated carbocycles. The summed E-state index contributed by atoms with van der Waals surface area (Å²) in [6.45, 7) is 9.79. The number of anilines is 1. The molecule has 1 N–H and O–H groups in total. The molecule has 1 aromatic carbocycles. The van der Waals surface area contributed by atoms with Gasteiger partial charge in [0.15, 0.2) is 0 Å². The molecule has 1 aromatic rings. The minimum Gasteiger partial charge on any atom is -0.383 e. The molecule has 108 valence electrons. The van der Waals surface area contributed by atoms with Crippen molar-refractivity contribution in [2.45, 2.75) is 33.4 Å². The van der Waals surface area contributed by atoms with Gasteiger partial charge in [0.25, 0.3) is 0 Å². The summed E-state index contributed by atoms with van der Waals surface area (Å²) in [7, 11) is 1.73. The van der Waals surface area contributed by atoms with E-state index in [0.717, 1.165) is 30.2 Å². The standard InChI is InChI=1S/C15H25ClN2O/c1-5-17-11-13-14(16)7-6-8-15(13)18(12(2)3)9-10-19-4/h6-8,12,17H,5,9-11H2,1-4H3. The zero-order valence-corrected chi connectivity index (χ0v) is 13.1. The van der Waals surface area contributed by atoms with Gasteiger partial charge >= 0.3 is 0 Å². The van der Waals surface area contributed by atoms with E-state index in [1.807, 2.05) is 12.1 Å². The SMILES string of the molecule is CCNCc1c(Cl)cccc1N(CCOC)C(C)C. The summed E-state index contributed by atoms with van der Waals surface area (Å²) in [5, 5.41) is 4.17. The van der Waals surface area contributed by atoms with Gasteiger partial charge in [-0.1, -0.05) is 24.6 Å². The Bertz CT molecular complexity index is 382. The number of hydrogen-bond acceptors (Lipinski definition) is 3. The Morgan fingerprint density at radius 2 is 2.11 bits per heavy atom. The molecule has 0 amide bonds. The van der Waals surface area contributed by atoms with Crippen LogP contribution in [0.5, 0.6) is 0 Å². The summed E-state index contributed by atoms with van der Waals surface area (Å²) in [6, 6.07) is 6.50. The molecular formula is C15H25ClN2O. The Morgan fingerprint density at radius 1 is 1.37 bits per heavy atom. The molecule has 0 aliphatic carbocycles. The van der Waals surface area contributed by atoms with Crippen molar-refractivity contribution in [2.75, 3.05) is 31.7 Å². The summed E-state index contributed by atoms with van der Waals surface area (Å²) < 4.78 is 5.20. The second-order valence-electron chi connectivity index (χ2n) is 4.80. The van der Waals surface area contributed by atoms with Crippen molar-refractivity contribution in [1.82, 2.24) is 5.32 Å². The average Bonchev–Trinajstić information content (AvgIpc) is 2.38. The fraction of sp³-hybridized carbons (Fsp3) is 0.600. The zero-order valence-electron chi connectivity index (χ0n) is 12.4. The molecule has 0 aliphatic heterocycles. The van der Waals surface area contributed by atoms with Crippen LogP contribution < -0.4 is 10.2 Å². The lowest BCUT2D eigenvalue weighted by atomic mass is 10.1. The number of hydrogen-bond donors (Lipinski definition) is 1. The Labute approximate surface area is 121 Å². The van der Waals surface area contributed by atoms with Crippen molar-refractivity contribution < 1.29 is 4.74 Å². The third-order valence-corrected chi connectivity index (χ3v) is 3.47. The van der Waals surface area contributed by atoms with E-state index in [1.54, 1.807) is 7.11 Å². The smallest absolute Gasteiger partial charge is 0.0637 e. The van der Waals surface area contributed by atoms with Crippen molar-refractivity contribution in [1.29, 1.82) is 0 Å². The van der Waals surface area contributed by atoms with E-state index in [-0.39, 0.29) is 0 Å². The van der Waals surface area contributed by atoms with Crippen molar-refractivity contribution >= 4 is 17.3 Å². The second kappa shape index (κ2) is 8.41. The lowest BCUT2D eigenvalue weighted by Gasteiger charge is -2.31. The fourth-order valence-electron chi connectivity index (χ4n) is 2.09. The van der Waals surface area contributed by atoms with Gasteiger partial charge in [-0.15, -0.1) is 0 Å². The Balaban J connectivity index is 3.03. The van der Waals surface area contributed by atoms with E-state index in [2.05, 4.69) is 37.1 Å². The molecule has 0 radical (unpaired) electrons. The molecule has 3 nitrogen and oxygen atoms in total. The molecule has 1 rings (SSSR count). The van der Waals surface area contributed by atoms with Gasteiger partial charge in [0, 0.05) is 42.5 Å². The predicted octanol–water partition coefficient (Wildman–Crippen LogP) is 3.31. The maximum Gasteiger partial charge on any atom is 0.0637 e. The highest BCUT2D eigenvalue weighted by Crippen LogP contribution is 2.28. The molecule has 0 aromatic heterocycles. The first kappa shape index (κ1) is 16.3. The topological polar surface area (TPSA) is 24.5 Å². The van der Waals surface area contributed by atoms with Gasteiger partial charge in [-0.2, -0.15) is 0 Å². The van der Waals surface area contributed by atoms with Crippen molar-refractivity contribution in [2.24, 2.45) is 0 Å². The monoisotopic (exact) mass is 284 g/mol. The number of benzene rings is 1. The molecule has 0 spiro atoms. The summed E-state index contributed by atoms with van der Waals surface area (Å²) in [6.07, 6.45) is 0. The zero-order chi connectivity index (χ0) is 14.3. The van der Waals surface area contributed by atoms with Gasteiger partial charge in [-0.05, 0) is 32.5 Å². The molecule has 0 saturated heterocycles. The normalized spacial score (nSPS) is 11.1. The first-order chi connectivity index (χ1) is 9.11. The minimum absolute atomic E-state index is 0.411. The van der Waals surface area contributed by atoms with Gasteiger partial charge in [0.05, 0.1) is 6.61 Å². The largest absolute Gasteiger partial charge is 0.383 e. The summed E-state index contributed by atoms with van der Waals surface area (Å²) in [5.41, 5.74) is 2.36. The maximum absolute atomic E-state index is 6.35. The Hall–Kier alpha value is -0.770. The third-order valence-electron chi connectivity index (χ3n) is 3.11. The van der Waals surface area contributed by atoms with Gasteiger partial charge in [-0.3, -0.25) is 0 Å². The molecule has 0 bridgehead atoms. The molecule has 0 atom stereocenters. The van der Waals surface area contributed by atoms with Crippen LogP contribution >= 0.6 is 11.6 Å². The van der Waals surface area contributed by atoms with E-state index in [9.17, 15) is 0 Å². The van der Waals surface area contributed by atoms with E-state index >= 15 is 0 Å². The summed E-state index contributed by atoms with van der Waals surface area (Å²) >= 11 is 6.35. The van der Waals surface area contributed by atoms with Crippen LogP contribution in [0.2, 0.25) is 5.02 Å². The molecule has 0 aliphatic rings. The van der Waals surface area contributed by atoms with Crippen LogP contribution in [-0.4, -0.2) is 32.8 Å². The number of nitrogens with zero attached hydrogens (tertiary/aromatic N) is 1. The maximum atomic E-state index is 6.35. The molecule has 0 heterocycles. The fourth-order valence-corrected chi connectivity index (χ4v) is 2.32. The van der Waals surface area contributed by atoms with Crippen LogP contribution in [-0.2, 0) is 11.3 Å². The summed E-state index contributed by atoms with van der Waals surface area (Å²) in [5.74, 6) is 0. The van der Waals surface area contributed by atoms with Gasteiger partial charge in [-0.25, -0.2) is 0 Å². The van der Waals surface area contributed by atoms with Crippen LogP contribution in [0, 0.1) is 0 Å².